The molecule has 2 aromatic carbocycles. The predicted molar refractivity (Wildman–Crippen MR) is 122 cm³/mol. The van der Waals surface area contributed by atoms with E-state index in [2.05, 4.69) is 9.44 Å². The molecule has 2 aromatic heterocycles. The van der Waals surface area contributed by atoms with E-state index in [1.54, 1.807) is 24.3 Å². The van der Waals surface area contributed by atoms with Gasteiger partial charge in [0.2, 0.25) is 20.0 Å². The Morgan fingerprint density at radius 2 is 1.09 bits per heavy atom. The summed E-state index contributed by atoms with van der Waals surface area (Å²) < 4.78 is 65.6. The molecule has 4 rings (SSSR count). The van der Waals surface area contributed by atoms with E-state index in [1.165, 1.54) is 61.1 Å². The highest BCUT2D eigenvalue weighted by molar-refractivity contribution is 7.89. The Morgan fingerprint density at radius 3 is 1.47 bits per heavy atom. The lowest BCUT2D eigenvalue weighted by molar-refractivity contribution is 0.103. The van der Waals surface area contributed by atoms with Gasteiger partial charge in [0.1, 0.15) is 11.5 Å². The van der Waals surface area contributed by atoms with Gasteiger partial charge in [-0.25, -0.2) is 26.3 Å². The lowest BCUT2D eigenvalue weighted by atomic mass is 10.0. The van der Waals surface area contributed by atoms with Gasteiger partial charge in [0.05, 0.1) is 35.4 Å². The Balaban J connectivity index is 1.53. The molecule has 0 unspecified atom stereocenters. The third-order valence-electron chi connectivity index (χ3n) is 4.85. The molecular formula is C23H20N2O7S2. The first-order valence-electron chi connectivity index (χ1n) is 10.0. The van der Waals surface area contributed by atoms with Crippen LogP contribution < -0.4 is 9.44 Å². The number of hydrogen-bond acceptors (Lipinski definition) is 7. The first kappa shape index (κ1) is 23.6. The van der Waals surface area contributed by atoms with Gasteiger partial charge in [-0.2, -0.15) is 0 Å². The number of benzene rings is 2. The van der Waals surface area contributed by atoms with Gasteiger partial charge in [0, 0.05) is 11.1 Å². The largest absolute Gasteiger partial charge is 0.468 e. The van der Waals surface area contributed by atoms with Crippen molar-refractivity contribution in [3.63, 3.8) is 0 Å². The van der Waals surface area contributed by atoms with Gasteiger partial charge in [0.15, 0.2) is 5.78 Å². The number of ketones is 1. The van der Waals surface area contributed by atoms with Crippen LogP contribution in [0.3, 0.4) is 0 Å². The topological polar surface area (TPSA) is 136 Å². The quantitative estimate of drug-likeness (QED) is 0.319. The molecular weight excluding hydrogens is 480 g/mol. The van der Waals surface area contributed by atoms with Crippen molar-refractivity contribution in [2.75, 3.05) is 0 Å². The van der Waals surface area contributed by atoms with Gasteiger partial charge in [-0.1, -0.05) is 24.3 Å². The van der Waals surface area contributed by atoms with Crippen molar-refractivity contribution in [3.8, 4) is 0 Å². The summed E-state index contributed by atoms with van der Waals surface area (Å²) in [6.07, 6.45) is 2.87. The monoisotopic (exact) mass is 500 g/mol. The second kappa shape index (κ2) is 9.77. The first-order chi connectivity index (χ1) is 16.2. The maximum atomic E-state index is 13.0. The van der Waals surface area contributed by atoms with E-state index in [0.29, 0.717) is 11.5 Å². The molecule has 11 heteroatoms. The summed E-state index contributed by atoms with van der Waals surface area (Å²) in [5.41, 5.74) is 0.193. The third kappa shape index (κ3) is 5.51. The second-order valence-electron chi connectivity index (χ2n) is 7.19. The lowest BCUT2D eigenvalue weighted by Crippen LogP contribution is -2.23. The van der Waals surface area contributed by atoms with E-state index >= 15 is 0 Å². The van der Waals surface area contributed by atoms with Crippen LogP contribution in [0.25, 0.3) is 0 Å². The Morgan fingerprint density at radius 1 is 0.647 bits per heavy atom. The SMILES string of the molecule is O=C(c1cccc(S(=O)(=O)NCc2ccco2)c1)c1cccc(S(=O)(=O)NCc2ccco2)c1. The fourth-order valence-corrected chi connectivity index (χ4v) is 5.18. The van der Waals surface area contributed by atoms with Crippen LogP contribution in [0, 0.1) is 0 Å². The van der Waals surface area contributed by atoms with Gasteiger partial charge in [-0.15, -0.1) is 0 Å². The van der Waals surface area contributed by atoms with E-state index in [4.69, 9.17) is 8.83 Å². The van der Waals surface area contributed by atoms with Crippen LogP contribution >= 0.6 is 0 Å². The predicted octanol–water partition coefficient (Wildman–Crippen LogP) is 3.06. The number of nitrogens with one attached hydrogen (secondary N) is 2. The molecule has 34 heavy (non-hydrogen) atoms. The number of furan rings is 2. The zero-order valence-electron chi connectivity index (χ0n) is 17.7. The standard InChI is InChI=1S/C23H20N2O7S2/c26-23(17-5-1-9-21(13-17)33(27,28)24-15-19-7-3-11-31-19)18-6-2-10-22(14-18)34(29,30)25-16-20-8-4-12-32-20/h1-14,24-25H,15-16H2. The van der Waals surface area contributed by atoms with Crippen molar-refractivity contribution >= 4 is 25.8 Å². The van der Waals surface area contributed by atoms with Gasteiger partial charge >= 0.3 is 0 Å². The molecule has 0 bridgehead atoms. The number of sulfonamides is 2. The molecule has 9 nitrogen and oxygen atoms in total. The highest BCUT2D eigenvalue weighted by atomic mass is 32.2. The van der Waals surface area contributed by atoms with E-state index in [-0.39, 0.29) is 34.0 Å². The summed E-state index contributed by atoms with van der Waals surface area (Å²) in [6, 6.07) is 17.6. The normalized spacial score (nSPS) is 12.0. The summed E-state index contributed by atoms with van der Waals surface area (Å²) in [5, 5.41) is 0. The van der Waals surface area contributed by atoms with Crippen LogP contribution in [0.1, 0.15) is 27.4 Å². The summed E-state index contributed by atoms with van der Waals surface area (Å²) in [4.78, 5) is 12.8. The molecule has 0 aliphatic rings. The minimum absolute atomic E-state index is 0.0432. The van der Waals surface area contributed by atoms with Crippen molar-refractivity contribution in [2.45, 2.75) is 22.9 Å². The summed E-state index contributed by atoms with van der Waals surface area (Å²) in [5.74, 6) is 0.357. The van der Waals surface area contributed by atoms with Crippen molar-refractivity contribution < 1.29 is 30.5 Å². The van der Waals surface area contributed by atoms with Crippen LogP contribution in [-0.4, -0.2) is 22.6 Å². The van der Waals surface area contributed by atoms with Crippen LogP contribution in [0.15, 0.2) is 104 Å². The Labute approximate surface area is 196 Å². The van der Waals surface area contributed by atoms with Crippen molar-refractivity contribution in [3.05, 3.63) is 108 Å². The minimum atomic E-state index is -3.91. The highest BCUT2D eigenvalue weighted by Crippen LogP contribution is 2.19. The second-order valence-corrected chi connectivity index (χ2v) is 10.7. The Kier molecular flexibility index (Phi) is 6.80. The maximum Gasteiger partial charge on any atom is 0.240 e. The summed E-state index contributed by atoms with van der Waals surface area (Å²) >= 11 is 0. The average Bonchev–Trinajstić information content (AvgIpc) is 3.56. The molecule has 4 aromatic rings. The van der Waals surface area contributed by atoms with Crippen LogP contribution in [-0.2, 0) is 33.1 Å². The van der Waals surface area contributed by atoms with Gasteiger partial charge in [-0.3, -0.25) is 4.79 Å². The molecule has 0 radical (unpaired) electrons. The molecule has 0 atom stereocenters. The van der Waals surface area contributed by atoms with E-state index < -0.39 is 25.8 Å². The zero-order valence-corrected chi connectivity index (χ0v) is 19.3. The fraction of sp³-hybridized carbons (Fsp3) is 0.0870. The van der Waals surface area contributed by atoms with Gasteiger partial charge in [0.25, 0.3) is 0 Å². The molecule has 2 N–H and O–H groups in total. The van der Waals surface area contributed by atoms with Crippen molar-refractivity contribution in [1.82, 2.24) is 9.44 Å². The van der Waals surface area contributed by atoms with Crippen molar-refractivity contribution in [2.24, 2.45) is 0 Å². The fourth-order valence-electron chi connectivity index (χ4n) is 3.10. The molecule has 0 aliphatic carbocycles. The smallest absolute Gasteiger partial charge is 0.240 e. The highest BCUT2D eigenvalue weighted by Gasteiger charge is 2.20. The van der Waals surface area contributed by atoms with Crippen molar-refractivity contribution in [1.29, 1.82) is 0 Å². The zero-order chi connectivity index (χ0) is 24.2. The number of hydrogen-bond donors (Lipinski definition) is 2. The van der Waals surface area contributed by atoms with Gasteiger partial charge in [-0.05, 0) is 48.5 Å². The van der Waals surface area contributed by atoms with Crippen LogP contribution in [0.4, 0.5) is 0 Å². The Hall–Kier alpha value is -3.51. The van der Waals surface area contributed by atoms with E-state index in [0.717, 1.165) is 0 Å². The Bertz CT molecular complexity index is 1380. The van der Waals surface area contributed by atoms with Crippen LogP contribution in [0.2, 0.25) is 0 Å². The number of carbonyl (C=O) groups is 1. The number of rotatable bonds is 10. The third-order valence-corrected chi connectivity index (χ3v) is 7.64. The molecule has 0 saturated carbocycles. The molecule has 176 valence electrons. The molecule has 0 amide bonds. The first-order valence-corrected chi connectivity index (χ1v) is 13.0. The molecule has 0 spiro atoms. The summed E-state index contributed by atoms with van der Waals surface area (Å²) in [6.45, 7) is -0.0865. The molecule has 0 aliphatic heterocycles. The van der Waals surface area contributed by atoms with Crippen LogP contribution in [0.5, 0.6) is 0 Å². The average molecular weight is 501 g/mol. The van der Waals surface area contributed by atoms with E-state index in [9.17, 15) is 21.6 Å². The molecule has 2 heterocycles. The minimum Gasteiger partial charge on any atom is -0.468 e. The maximum absolute atomic E-state index is 13.0. The molecule has 0 fully saturated rings. The molecule has 0 saturated heterocycles. The van der Waals surface area contributed by atoms with E-state index in [1.807, 2.05) is 0 Å². The summed E-state index contributed by atoms with van der Waals surface area (Å²) in [7, 11) is -7.82. The lowest BCUT2D eigenvalue weighted by Gasteiger charge is -2.09. The van der Waals surface area contributed by atoms with Gasteiger partial charge < -0.3 is 8.83 Å². The number of carbonyl (C=O) groups excluding carboxylic acids is 1.